The van der Waals surface area contributed by atoms with E-state index in [4.69, 9.17) is 15.2 Å². The van der Waals surface area contributed by atoms with Gasteiger partial charge in [-0.25, -0.2) is 0 Å². The van der Waals surface area contributed by atoms with Gasteiger partial charge < -0.3 is 20.5 Å². The monoisotopic (exact) mass is 238 g/mol. The molecule has 1 aromatic rings. The standard InChI is InChI=1S/C13H22N2O2/c1-4-10(9-16-3)15-11-6-7-12(14)13(8-11)17-5-2/h6-8,10,15H,4-5,9,14H2,1-3H3. The summed E-state index contributed by atoms with van der Waals surface area (Å²) >= 11 is 0. The van der Waals surface area contributed by atoms with Crippen LogP contribution in [0.2, 0.25) is 0 Å². The van der Waals surface area contributed by atoms with Crippen LogP contribution >= 0.6 is 0 Å². The maximum Gasteiger partial charge on any atom is 0.144 e. The molecule has 0 amide bonds. The van der Waals surface area contributed by atoms with Crippen molar-refractivity contribution in [3.63, 3.8) is 0 Å². The highest BCUT2D eigenvalue weighted by Gasteiger charge is 2.07. The van der Waals surface area contributed by atoms with Crippen molar-refractivity contribution >= 4 is 11.4 Å². The Morgan fingerprint density at radius 3 is 2.71 bits per heavy atom. The summed E-state index contributed by atoms with van der Waals surface area (Å²) in [7, 11) is 1.71. The van der Waals surface area contributed by atoms with Crippen LogP contribution in [0.5, 0.6) is 5.75 Å². The SMILES string of the molecule is CCOc1cc(NC(CC)COC)ccc1N. The van der Waals surface area contributed by atoms with E-state index in [0.29, 0.717) is 24.9 Å². The highest BCUT2D eigenvalue weighted by molar-refractivity contribution is 5.61. The predicted molar refractivity (Wildman–Crippen MR) is 71.6 cm³/mol. The third kappa shape index (κ3) is 4.15. The molecule has 0 aliphatic carbocycles. The number of nitrogens with one attached hydrogen (secondary N) is 1. The van der Waals surface area contributed by atoms with Gasteiger partial charge in [0, 0.05) is 24.9 Å². The van der Waals surface area contributed by atoms with Crippen LogP contribution in [0, 0.1) is 0 Å². The molecule has 17 heavy (non-hydrogen) atoms. The summed E-state index contributed by atoms with van der Waals surface area (Å²) in [5, 5.41) is 3.40. The lowest BCUT2D eigenvalue weighted by Crippen LogP contribution is -2.23. The lowest BCUT2D eigenvalue weighted by molar-refractivity contribution is 0.184. The zero-order valence-corrected chi connectivity index (χ0v) is 10.8. The first-order valence-corrected chi connectivity index (χ1v) is 5.99. The number of hydrogen-bond donors (Lipinski definition) is 2. The highest BCUT2D eigenvalue weighted by atomic mass is 16.5. The molecule has 4 nitrogen and oxygen atoms in total. The molecule has 0 aromatic heterocycles. The molecule has 3 N–H and O–H groups in total. The summed E-state index contributed by atoms with van der Waals surface area (Å²) in [5.41, 5.74) is 7.49. The fourth-order valence-electron chi connectivity index (χ4n) is 1.60. The lowest BCUT2D eigenvalue weighted by atomic mass is 10.2. The van der Waals surface area contributed by atoms with Crippen molar-refractivity contribution < 1.29 is 9.47 Å². The Morgan fingerprint density at radius 1 is 1.35 bits per heavy atom. The molecule has 0 aliphatic heterocycles. The van der Waals surface area contributed by atoms with Crippen molar-refractivity contribution in [1.29, 1.82) is 0 Å². The second-order valence-electron chi connectivity index (χ2n) is 3.89. The average Bonchev–Trinajstić information content (AvgIpc) is 2.33. The van der Waals surface area contributed by atoms with Crippen LogP contribution in [0.1, 0.15) is 20.3 Å². The first-order valence-electron chi connectivity index (χ1n) is 5.99. The number of ether oxygens (including phenoxy) is 2. The molecule has 0 saturated carbocycles. The van der Waals surface area contributed by atoms with E-state index in [-0.39, 0.29) is 0 Å². The first-order chi connectivity index (χ1) is 8.21. The number of nitrogens with two attached hydrogens (primary N) is 1. The van der Waals surface area contributed by atoms with E-state index in [2.05, 4.69) is 12.2 Å². The van der Waals surface area contributed by atoms with E-state index < -0.39 is 0 Å². The number of methoxy groups -OCH3 is 1. The molecule has 0 aliphatic rings. The maximum atomic E-state index is 5.82. The minimum absolute atomic E-state index is 0.304. The Kier molecular flexibility index (Phi) is 5.63. The summed E-state index contributed by atoms with van der Waals surface area (Å²) in [5.74, 6) is 0.727. The van der Waals surface area contributed by atoms with Gasteiger partial charge in [0.25, 0.3) is 0 Å². The van der Waals surface area contributed by atoms with Gasteiger partial charge in [0.05, 0.1) is 18.9 Å². The summed E-state index contributed by atoms with van der Waals surface area (Å²) in [6.07, 6.45) is 1.00. The van der Waals surface area contributed by atoms with Crippen LogP contribution in [-0.4, -0.2) is 26.4 Å². The molecule has 0 bridgehead atoms. The van der Waals surface area contributed by atoms with Gasteiger partial charge >= 0.3 is 0 Å². The summed E-state index contributed by atoms with van der Waals surface area (Å²) < 4.78 is 10.6. The van der Waals surface area contributed by atoms with Crippen LogP contribution in [0.3, 0.4) is 0 Å². The molecule has 0 saturated heterocycles. The zero-order chi connectivity index (χ0) is 12.7. The topological polar surface area (TPSA) is 56.5 Å². The third-order valence-corrected chi connectivity index (χ3v) is 2.54. The lowest BCUT2D eigenvalue weighted by Gasteiger charge is -2.18. The molecule has 0 fully saturated rings. The number of rotatable bonds is 7. The van der Waals surface area contributed by atoms with Crippen LogP contribution in [-0.2, 0) is 4.74 Å². The number of nitrogen functional groups attached to an aromatic ring is 1. The van der Waals surface area contributed by atoms with E-state index in [1.54, 1.807) is 7.11 Å². The van der Waals surface area contributed by atoms with Crippen molar-refractivity contribution in [3.05, 3.63) is 18.2 Å². The van der Waals surface area contributed by atoms with Gasteiger partial charge in [-0.05, 0) is 25.5 Å². The average molecular weight is 238 g/mol. The van der Waals surface area contributed by atoms with E-state index in [1.165, 1.54) is 0 Å². The van der Waals surface area contributed by atoms with Crippen molar-refractivity contribution in [1.82, 2.24) is 0 Å². The van der Waals surface area contributed by atoms with Crippen molar-refractivity contribution in [2.24, 2.45) is 0 Å². The van der Waals surface area contributed by atoms with Crippen LogP contribution < -0.4 is 15.8 Å². The molecule has 0 heterocycles. The number of hydrogen-bond acceptors (Lipinski definition) is 4. The van der Waals surface area contributed by atoms with Crippen molar-refractivity contribution in [3.8, 4) is 5.75 Å². The molecular formula is C13H22N2O2. The van der Waals surface area contributed by atoms with Gasteiger partial charge in [0.2, 0.25) is 0 Å². The maximum absolute atomic E-state index is 5.82. The summed E-state index contributed by atoms with van der Waals surface area (Å²) in [4.78, 5) is 0. The first kappa shape index (κ1) is 13.6. The Bertz CT molecular complexity index is 342. The fourth-order valence-corrected chi connectivity index (χ4v) is 1.60. The minimum atomic E-state index is 0.304. The van der Waals surface area contributed by atoms with E-state index in [1.807, 2.05) is 25.1 Å². The largest absolute Gasteiger partial charge is 0.492 e. The van der Waals surface area contributed by atoms with Crippen molar-refractivity contribution in [2.45, 2.75) is 26.3 Å². The van der Waals surface area contributed by atoms with Gasteiger partial charge in [-0.1, -0.05) is 6.92 Å². The highest BCUT2D eigenvalue weighted by Crippen LogP contribution is 2.26. The molecule has 1 unspecified atom stereocenters. The predicted octanol–water partition coefficient (Wildman–Crippen LogP) is 2.50. The van der Waals surface area contributed by atoms with Gasteiger partial charge in [-0.2, -0.15) is 0 Å². The van der Waals surface area contributed by atoms with Crippen molar-refractivity contribution in [2.75, 3.05) is 31.4 Å². The quantitative estimate of drug-likeness (QED) is 0.717. The summed E-state index contributed by atoms with van der Waals surface area (Å²) in [6, 6.07) is 6.04. The molecule has 0 radical (unpaired) electrons. The molecular weight excluding hydrogens is 216 g/mol. The molecule has 4 heteroatoms. The van der Waals surface area contributed by atoms with Crippen LogP contribution in [0.4, 0.5) is 11.4 Å². The van der Waals surface area contributed by atoms with E-state index in [9.17, 15) is 0 Å². The molecule has 96 valence electrons. The summed E-state index contributed by atoms with van der Waals surface area (Å²) in [6.45, 7) is 5.37. The minimum Gasteiger partial charge on any atom is -0.492 e. The fraction of sp³-hybridized carbons (Fsp3) is 0.538. The van der Waals surface area contributed by atoms with Gasteiger partial charge in [-0.15, -0.1) is 0 Å². The second kappa shape index (κ2) is 7.01. The molecule has 0 spiro atoms. The smallest absolute Gasteiger partial charge is 0.144 e. The Balaban J connectivity index is 2.73. The van der Waals surface area contributed by atoms with Gasteiger partial charge in [0.1, 0.15) is 5.75 Å². The van der Waals surface area contributed by atoms with Crippen LogP contribution in [0.15, 0.2) is 18.2 Å². The van der Waals surface area contributed by atoms with E-state index in [0.717, 1.165) is 17.9 Å². The Labute approximate surface area is 103 Å². The van der Waals surface area contributed by atoms with Gasteiger partial charge in [0.15, 0.2) is 0 Å². The van der Waals surface area contributed by atoms with Crippen LogP contribution in [0.25, 0.3) is 0 Å². The molecule has 1 aromatic carbocycles. The number of benzene rings is 1. The second-order valence-corrected chi connectivity index (χ2v) is 3.89. The zero-order valence-electron chi connectivity index (χ0n) is 10.8. The number of anilines is 2. The molecule has 1 atom stereocenters. The Morgan fingerprint density at radius 2 is 2.12 bits per heavy atom. The van der Waals surface area contributed by atoms with E-state index >= 15 is 0 Å². The normalized spacial score (nSPS) is 12.2. The van der Waals surface area contributed by atoms with Gasteiger partial charge in [-0.3, -0.25) is 0 Å². The Hall–Kier alpha value is -1.42. The third-order valence-electron chi connectivity index (χ3n) is 2.54. The molecule has 1 rings (SSSR count).